The fourth-order valence-corrected chi connectivity index (χ4v) is 2.01. The van der Waals surface area contributed by atoms with Crippen molar-refractivity contribution < 1.29 is 23.0 Å². The van der Waals surface area contributed by atoms with Crippen LogP contribution in [0.5, 0.6) is 17.2 Å². The fourth-order valence-electron chi connectivity index (χ4n) is 2.01. The number of nitrogens with two attached hydrogens (primary N) is 1. The molecule has 7 heteroatoms. The summed E-state index contributed by atoms with van der Waals surface area (Å²) in [4.78, 5) is 0. The second kappa shape index (κ2) is 4.69. The summed E-state index contributed by atoms with van der Waals surface area (Å²) >= 11 is 0. The molecule has 1 aliphatic heterocycles. The van der Waals surface area contributed by atoms with Crippen LogP contribution in [0.4, 0.5) is 25.8 Å². The Kier molecular flexibility index (Phi) is 2.97. The van der Waals surface area contributed by atoms with E-state index in [0.717, 1.165) is 0 Å². The Labute approximate surface area is 119 Å². The molecule has 3 rings (SSSR count). The maximum Gasteiger partial charge on any atom is 0.586 e. The van der Waals surface area contributed by atoms with Crippen LogP contribution in [0.15, 0.2) is 36.4 Å². The molecule has 0 saturated heterocycles. The average Bonchev–Trinajstić information content (AvgIpc) is 2.71. The molecule has 2 aromatic carbocycles. The Hall–Kier alpha value is -2.70. The van der Waals surface area contributed by atoms with Crippen molar-refractivity contribution >= 4 is 17.1 Å². The molecule has 0 bridgehead atoms. The normalized spacial score (nSPS) is 14.8. The third-order valence-electron chi connectivity index (χ3n) is 2.85. The van der Waals surface area contributed by atoms with Crippen LogP contribution in [0, 0.1) is 0 Å². The van der Waals surface area contributed by atoms with Gasteiger partial charge in [0.1, 0.15) is 5.75 Å². The highest BCUT2D eigenvalue weighted by Crippen LogP contribution is 2.42. The summed E-state index contributed by atoms with van der Waals surface area (Å²) in [6.45, 7) is 0. The van der Waals surface area contributed by atoms with Crippen LogP contribution in [-0.4, -0.2) is 13.4 Å². The fraction of sp³-hybridized carbons (Fsp3) is 0.143. The second-order valence-corrected chi connectivity index (χ2v) is 4.45. The zero-order chi connectivity index (χ0) is 15.0. The van der Waals surface area contributed by atoms with E-state index in [0.29, 0.717) is 22.8 Å². The molecular weight excluding hydrogens is 282 g/mol. The molecule has 2 aromatic rings. The van der Waals surface area contributed by atoms with Crippen LogP contribution < -0.4 is 25.3 Å². The van der Waals surface area contributed by atoms with Gasteiger partial charge in [-0.15, -0.1) is 8.78 Å². The molecule has 0 aromatic heterocycles. The first-order valence-corrected chi connectivity index (χ1v) is 6.07. The number of nitrogens with one attached hydrogen (secondary N) is 1. The van der Waals surface area contributed by atoms with Gasteiger partial charge >= 0.3 is 6.29 Å². The highest BCUT2D eigenvalue weighted by molar-refractivity contribution is 5.68. The van der Waals surface area contributed by atoms with Crippen molar-refractivity contribution in [2.45, 2.75) is 6.29 Å². The molecule has 0 fully saturated rings. The van der Waals surface area contributed by atoms with E-state index < -0.39 is 6.29 Å². The first kappa shape index (κ1) is 13.3. The Balaban J connectivity index is 1.85. The monoisotopic (exact) mass is 294 g/mol. The van der Waals surface area contributed by atoms with E-state index in [-0.39, 0.29) is 11.5 Å². The molecule has 0 radical (unpaired) electrons. The Bertz CT molecular complexity index is 692. The molecule has 1 aliphatic rings. The van der Waals surface area contributed by atoms with Crippen molar-refractivity contribution in [2.75, 3.05) is 18.2 Å². The maximum absolute atomic E-state index is 12.9. The average molecular weight is 294 g/mol. The highest BCUT2D eigenvalue weighted by atomic mass is 19.3. The van der Waals surface area contributed by atoms with Gasteiger partial charge in [0.05, 0.1) is 7.11 Å². The summed E-state index contributed by atoms with van der Waals surface area (Å²) in [6.07, 6.45) is -3.62. The molecule has 0 aliphatic carbocycles. The van der Waals surface area contributed by atoms with Crippen molar-refractivity contribution in [1.82, 2.24) is 0 Å². The van der Waals surface area contributed by atoms with Crippen LogP contribution in [0.25, 0.3) is 0 Å². The second-order valence-electron chi connectivity index (χ2n) is 4.45. The molecule has 3 N–H and O–H groups in total. The van der Waals surface area contributed by atoms with Crippen molar-refractivity contribution in [3.8, 4) is 17.2 Å². The minimum absolute atomic E-state index is 0.00398. The number of benzene rings is 2. The number of fused-ring (bicyclic) bond motifs is 1. The van der Waals surface area contributed by atoms with Crippen molar-refractivity contribution in [3.05, 3.63) is 36.4 Å². The number of anilines is 3. The van der Waals surface area contributed by atoms with E-state index >= 15 is 0 Å². The lowest BCUT2D eigenvalue weighted by atomic mass is 10.2. The molecule has 1 heterocycles. The number of ether oxygens (including phenoxy) is 3. The van der Waals surface area contributed by atoms with E-state index in [1.165, 1.54) is 19.2 Å². The number of hydrogen-bond donors (Lipinski definition) is 2. The number of nitrogen functional groups attached to an aromatic ring is 1. The number of alkyl halides is 2. The molecule has 21 heavy (non-hydrogen) atoms. The van der Waals surface area contributed by atoms with Crippen molar-refractivity contribution in [1.29, 1.82) is 0 Å². The van der Waals surface area contributed by atoms with Gasteiger partial charge in [0, 0.05) is 35.3 Å². The van der Waals surface area contributed by atoms with E-state index in [2.05, 4.69) is 14.8 Å². The van der Waals surface area contributed by atoms with E-state index in [4.69, 9.17) is 10.5 Å². The first-order chi connectivity index (χ1) is 9.95. The highest BCUT2D eigenvalue weighted by Gasteiger charge is 2.43. The summed E-state index contributed by atoms with van der Waals surface area (Å²) in [5, 5.41) is 3.04. The zero-order valence-electron chi connectivity index (χ0n) is 11.0. The zero-order valence-corrected chi connectivity index (χ0v) is 11.0. The van der Waals surface area contributed by atoms with Crippen LogP contribution in [0.2, 0.25) is 0 Å². The summed E-state index contributed by atoms with van der Waals surface area (Å²) in [7, 11) is 1.53. The number of halogens is 2. The number of methoxy groups -OCH3 is 1. The third-order valence-corrected chi connectivity index (χ3v) is 2.85. The Morgan fingerprint density at radius 1 is 1.05 bits per heavy atom. The minimum Gasteiger partial charge on any atom is -0.497 e. The van der Waals surface area contributed by atoms with E-state index in [1.54, 1.807) is 24.3 Å². The lowest BCUT2D eigenvalue weighted by Crippen LogP contribution is -2.25. The molecule has 0 saturated carbocycles. The predicted octanol–water partition coefficient (Wildman–Crippen LogP) is 3.34. The van der Waals surface area contributed by atoms with Crippen molar-refractivity contribution in [2.24, 2.45) is 0 Å². The molecule has 0 unspecified atom stereocenters. The standard InChI is InChI=1S/C14H12F2N2O3/c1-19-11-5-8(17)4-10(6-11)18-9-2-3-12-13(7-9)21-14(15,16)20-12/h2-7,18H,17H2,1H3. The van der Waals surface area contributed by atoms with Gasteiger partial charge in [-0.1, -0.05) is 0 Å². The van der Waals surface area contributed by atoms with Gasteiger partial charge in [-0.05, 0) is 18.2 Å². The molecule has 0 atom stereocenters. The van der Waals surface area contributed by atoms with Gasteiger partial charge in [0.25, 0.3) is 0 Å². The lowest BCUT2D eigenvalue weighted by Gasteiger charge is -2.10. The molecule has 0 amide bonds. The Morgan fingerprint density at radius 2 is 1.81 bits per heavy atom. The number of hydrogen-bond acceptors (Lipinski definition) is 5. The number of rotatable bonds is 3. The quantitative estimate of drug-likeness (QED) is 0.850. The van der Waals surface area contributed by atoms with Crippen LogP contribution in [-0.2, 0) is 0 Å². The summed E-state index contributed by atoms with van der Waals surface area (Å²) < 4.78 is 39.7. The lowest BCUT2D eigenvalue weighted by molar-refractivity contribution is -0.286. The molecule has 0 spiro atoms. The molecular formula is C14H12F2N2O3. The van der Waals surface area contributed by atoms with Gasteiger partial charge in [-0.2, -0.15) is 0 Å². The van der Waals surface area contributed by atoms with Crippen LogP contribution >= 0.6 is 0 Å². The summed E-state index contributed by atoms with van der Waals surface area (Å²) in [5.74, 6) is 0.557. The summed E-state index contributed by atoms with van der Waals surface area (Å²) in [5.41, 5.74) is 7.49. The topological polar surface area (TPSA) is 65.7 Å². The Morgan fingerprint density at radius 3 is 2.57 bits per heavy atom. The van der Waals surface area contributed by atoms with Crippen molar-refractivity contribution in [3.63, 3.8) is 0 Å². The maximum atomic E-state index is 12.9. The third kappa shape index (κ3) is 2.76. The van der Waals surface area contributed by atoms with Gasteiger partial charge in [-0.25, -0.2) is 0 Å². The first-order valence-electron chi connectivity index (χ1n) is 6.07. The van der Waals surface area contributed by atoms with Crippen LogP contribution in [0.1, 0.15) is 0 Å². The molecule has 5 nitrogen and oxygen atoms in total. The largest absolute Gasteiger partial charge is 0.586 e. The summed E-state index contributed by atoms with van der Waals surface area (Å²) in [6, 6.07) is 9.52. The van der Waals surface area contributed by atoms with Gasteiger partial charge < -0.3 is 25.3 Å². The van der Waals surface area contributed by atoms with E-state index in [9.17, 15) is 8.78 Å². The molecule has 110 valence electrons. The van der Waals surface area contributed by atoms with E-state index in [1.807, 2.05) is 0 Å². The minimum atomic E-state index is -3.62. The SMILES string of the molecule is COc1cc(N)cc(Nc2ccc3c(c2)OC(F)(F)O3)c1. The van der Waals surface area contributed by atoms with Gasteiger partial charge in [0.15, 0.2) is 11.5 Å². The van der Waals surface area contributed by atoms with Gasteiger partial charge in [0.2, 0.25) is 0 Å². The van der Waals surface area contributed by atoms with Crippen LogP contribution in [0.3, 0.4) is 0 Å². The smallest absolute Gasteiger partial charge is 0.497 e. The predicted molar refractivity (Wildman–Crippen MR) is 73.3 cm³/mol. The van der Waals surface area contributed by atoms with Gasteiger partial charge in [-0.3, -0.25) is 0 Å².